The maximum atomic E-state index is 10.6. The first-order valence-electron chi connectivity index (χ1n) is 3.74. The van der Waals surface area contributed by atoms with E-state index in [1.165, 1.54) is 11.8 Å². The van der Waals surface area contributed by atoms with E-state index in [9.17, 15) is 4.79 Å². The minimum absolute atomic E-state index is 0.554. The summed E-state index contributed by atoms with van der Waals surface area (Å²) in [5.41, 5.74) is 0. The number of hydrogen-bond acceptors (Lipinski definition) is 4. The molecule has 2 heterocycles. The van der Waals surface area contributed by atoms with E-state index in [0.717, 1.165) is 9.92 Å². The Morgan fingerprint density at radius 2 is 2.54 bits per heavy atom. The van der Waals surface area contributed by atoms with Crippen molar-refractivity contribution in [3.63, 3.8) is 0 Å². The zero-order chi connectivity index (χ0) is 9.26. The lowest BCUT2D eigenvalue weighted by Crippen LogP contribution is -2.17. The number of rotatable bonds is 2. The van der Waals surface area contributed by atoms with E-state index in [-0.39, 0.29) is 0 Å². The van der Waals surface area contributed by atoms with Crippen LogP contribution in [0.4, 0.5) is 0 Å². The largest absolute Gasteiger partial charge is 0.480 e. The van der Waals surface area contributed by atoms with Gasteiger partial charge in [-0.05, 0) is 11.4 Å². The lowest BCUT2D eigenvalue weighted by molar-refractivity contribution is -0.137. The normalized spacial score (nSPS) is 21.5. The van der Waals surface area contributed by atoms with E-state index in [0.29, 0.717) is 5.75 Å². The Morgan fingerprint density at radius 3 is 3.08 bits per heavy atom. The summed E-state index contributed by atoms with van der Waals surface area (Å²) in [6, 6.07) is 3.35. The molecular weight excluding hydrogens is 206 g/mol. The fourth-order valence-electron chi connectivity index (χ4n) is 1.04. The van der Waals surface area contributed by atoms with E-state index in [1.54, 1.807) is 11.3 Å². The molecule has 0 saturated carbocycles. The molecule has 0 unspecified atom stereocenters. The minimum atomic E-state index is -0.834. The summed E-state index contributed by atoms with van der Waals surface area (Å²) in [6.07, 6.45) is 0. The van der Waals surface area contributed by atoms with E-state index in [1.807, 2.05) is 17.5 Å². The zero-order valence-electron chi connectivity index (χ0n) is 6.64. The molecule has 1 aliphatic heterocycles. The molecule has 3 nitrogen and oxygen atoms in total. The van der Waals surface area contributed by atoms with Crippen molar-refractivity contribution >= 4 is 34.1 Å². The Labute approximate surface area is 83.5 Å². The Balaban J connectivity index is 2.20. The highest BCUT2D eigenvalue weighted by molar-refractivity contribution is 8.15. The van der Waals surface area contributed by atoms with Gasteiger partial charge in [0.25, 0.3) is 0 Å². The molecule has 1 aromatic heterocycles. The number of thioether (sulfide) groups is 1. The Kier molecular flexibility index (Phi) is 2.37. The molecule has 1 aromatic rings. The number of thiophene rings is 1. The monoisotopic (exact) mass is 213 g/mol. The van der Waals surface area contributed by atoms with Crippen LogP contribution < -0.4 is 0 Å². The van der Waals surface area contributed by atoms with Crippen LogP contribution in [0, 0.1) is 0 Å². The van der Waals surface area contributed by atoms with Gasteiger partial charge in [0.1, 0.15) is 5.04 Å². The van der Waals surface area contributed by atoms with Gasteiger partial charge in [0.05, 0.1) is 4.88 Å². The Morgan fingerprint density at radius 1 is 1.69 bits per heavy atom. The third kappa shape index (κ3) is 1.76. The SMILES string of the molecule is O=C(O)[C@@H]1CSC(c2cccs2)=N1. The molecule has 0 radical (unpaired) electrons. The van der Waals surface area contributed by atoms with Crippen LogP contribution in [0.25, 0.3) is 0 Å². The van der Waals surface area contributed by atoms with Crippen LogP contribution in [-0.4, -0.2) is 27.9 Å². The van der Waals surface area contributed by atoms with Gasteiger partial charge < -0.3 is 5.11 Å². The second-order valence-electron chi connectivity index (χ2n) is 2.58. The summed E-state index contributed by atoms with van der Waals surface area (Å²) in [6.45, 7) is 0. The summed E-state index contributed by atoms with van der Waals surface area (Å²) in [5, 5.41) is 11.5. The van der Waals surface area contributed by atoms with Crippen molar-refractivity contribution in [3.05, 3.63) is 22.4 Å². The average Bonchev–Trinajstić information content (AvgIpc) is 2.75. The third-order valence-electron chi connectivity index (χ3n) is 1.67. The Bertz CT molecular complexity index is 345. The van der Waals surface area contributed by atoms with Gasteiger partial charge >= 0.3 is 5.97 Å². The van der Waals surface area contributed by atoms with Crippen LogP contribution in [0.1, 0.15) is 4.88 Å². The molecular formula is C8H7NO2S2. The first kappa shape index (κ1) is 8.77. The Hall–Kier alpha value is -0.810. The standard InChI is InChI=1S/C8H7NO2S2/c10-8(11)5-4-13-7(9-5)6-2-1-3-12-6/h1-3,5H,4H2,(H,10,11)/t5-/m0/s1. The molecule has 13 heavy (non-hydrogen) atoms. The third-order valence-corrected chi connectivity index (χ3v) is 3.75. The predicted octanol–water partition coefficient (Wildman–Crippen LogP) is 1.69. The van der Waals surface area contributed by atoms with Crippen molar-refractivity contribution in [3.8, 4) is 0 Å². The average molecular weight is 213 g/mol. The van der Waals surface area contributed by atoms with Crippen LogP contribution in [0.2, 0.25) is 0 Å². The highest BCUT2D eigenvalue weighted by Crippen LogP contribution is 2.25. The van der Waals surface area contributed by atoms with Crippen molar-refractivity contribution in [1.29, 1.82) is 0 Å². The van der Waals surface area contributed by atoms with Gasteiger partial charge in [-0.15, -0.1) is 23.1 Å². The van der Waals surface area contributed by atoms with Crippen molar-refractivity contribution in [2.75, 3.05) is 5.75 Å². The molecule has 1 atom stereocenters. The van der Waals surface area contributed by atoms with Gasteiger partial charge in [-0.25, -0.2) is 4.79 Å². The first-order chi connectivity index (χ1) is 6.27. The lowest BCUT2D eigenvalue weighted by atomic mass is 10.4. The molecule has 1 N–H and O–H groups in total. The molecule has 0 spiro atoms. The van der Waals surface area contributed by atoms with E-state index in [4.69, 9.17) is 5.11 Å². The van der Waals surface area contributed by atoms with Crippen LogP contribution in [0.5, 0.6) is 0 Å². The van der Waals surface area contributed by atoms with Crippen molar-refractivity contribution < 1.29 is 9.90 Å². The van der Waals surface area contributed by atoms with Crippen LogP contribution >= 0.6 is 23.1 Å². The van der Waals surface area contributed by atoms with Crippen molar-refractivity contribution in [1.82, 2.24) is 0 Å². The smallest absolute Gasteiger partial charge is 0.329 e. The minimum Gasteiger partial charge on any atom is -0.480 e. The number of carboxylic acids is 1. The van der Waals surface area contributed by atoms with Crippen LogP contribution in [0.3, 0.4) is 0 Å². The van der Waals surface area contributed by atoms with E-state index >= 15 is 0 Å². The van der Waals surface area contributed by atoms with E-state index < -0.39 is 12.0 Å². The number of aliphatic carboxylic acids is 1. The number of aliphatic imine (C=N–C) groups is 1. The van der Waals surface area contributed by atoms with Crippen molar-refractivity contribution in [2.45, 2.75) is 6.04 Å². The summed E-state index contributed by atoms with van der Waals surface area (Å²) < 4.78 is 0. The summed E-state index contributed by atoms with van der Waals surface area (Å²) in [4.78, 5) is 15.8. The lowest BCUT2D eigenvalue weighted by Gasteiger charge is -1.93. The van der Waals surface area contributed by atoms with Crippen LogP contribution in [-0.2, 0) is 4.79 Å². The quantitative estimate of drug-likeness (QED) is 0.813. The van der Waals surface area contributed by atoms with Gasteiger partial charge in [-0.2, -0.15) is 0 Å². The number of hydrogen-bond donors (Lipinski definition) is 1. The molecule has 68 valence electrons. The molecule has 0 bridgehead atoms. The molecule has 5 heteroatoms. The van der Waals surface area contributed by atoms with Crippen molar-refractivity contribution in [2.24, 2.45) is 4.99 Å². The number of carbonyl (C=O) groups is 1. The van der Waals surface area contributed by atoms with Gasteiger partial charge in [0.2, 0.25) is 0 Å². The zero-order valence-corrected chi connectivity index (χ0v) is 8.27. The number of carboxylic acid groups (broad SMARTS) is 1. The fraction of sp³-hybridized carbons (Fsp3) is 0.250. The topological polar surface area (TPSA) is 49.7 Å². The van der Waals surface area contributed by atoms with Gasteiger partial charge in [-0.3, -0.25) is 4.99 Å². The summed E-state index contributed by atoms with van der Waals surface area (Å²) >= 11 is 3.11. The summed E-state index contributed by atoms with van der Waals surface area (Å²) in [5.74, 6) is -0.276. The molecule has 0 saturated heterocycles. The van der Waals surface area contributed by atoms with Gasteiger partial charge in [0.15, 0.2) is 6.04 Å². The second-order valence-corrected chi connectivity index (χ2v) is 4.53. The highest BCUT2D eigenvalue weighted by Gasteiger charge is 2.25. The highest BCUT2D eigenvalue weighted by atomic mass is 32.2. The fourth-order valence-corrected chi connectivity index (χ4v) is 2.92. The van der Waals surface area contributed by atoms with Gasteiger partial charge in [0, 0.05) is 5.75 Å². The van der Waals surface area contributed by atoms with E-state index in [2.05, 4.69) is 4.99 Å². The molecule has 0 aliphatic carbocycles. The molecule has 0 amide bonds. The second kappa shape index (κ2) is 3.51. The molecule has 0 fully saturated rings. The summed E-state index contributed by atoms with van der Waals surface area (Å²) in [7, 11) is 0. The molecule has 2 rings (SSSR count). The maximum absolute atomic E-state index is 10.6. The first-order valence-corrected chi connectivity index (χ1v) is 5.61. The number of nitrogens with zero attached hydrogens (tertiary/aromatic N) is 1. The predicted molar refractivity (Wildman–Crippen MR) is 54.7 cm³/mol. The molecule has 1 aliphatic rings. The molecule has 0 aromatic carbocycles. The van der Waals surface area contributed by atoms with Crippen LogP contribution in [0.15, 0.2) is 22.5 Å². The van der Waals surface area contributed by atoms with Gasteiger partial charge in [-0.1, -0.05) is 6.07 Å². The maximum Gasteiger partial charge on any atom is 0.329 e.